The second-order valence-corrected chi connectivity index (χ2v) is 7.32. The molecule has 5 aliphatic rings. The van der Waals surface area contributed by atoms with E-state index in [4.69, 9.17) is 38.6 Å². The number of hydrogen-bond donors (Lipinski definition) is 2. The van der Waals surface area contributed by atoms with E-state index in [9.17, 15) is 0 Å². The summed E-state index contributed by atoms with van der Waals surface area (Å²) in [6.07, 6.45) is 4.38. The molecule has 5 fully saturated rings. The summed E-state index contributed by atoms with van der Waals surface area (Å²) in [4.78, 5) is 0. The van der Waals surface area contributed by atoms with Crippen LogP contribution in [0.3, 0.4) is 0 Å². The number of aliphatic hydroxyl groups is 2. The highest BCUT2D eigenvalue weighted by Gasteiger charge is 2.27. The number of ether oxygens (including phenoxy) is 6. The van der Waals surface area contributed by atoms with Gasteiger partial charge in [-0.15, -0.1) is 0 Å². The quantitative estimate of drug-likeness (QED) is 0.565. The van der Waals surface area contributed by atoms with Gasteiger partial charge in [0.1, 0.15) is 24.4 Å². The van der Waals surface area contributed by atoms with Gasteiger partial charge in [-0.3, -0.25) is 0 Å². The van der Waals surface area contributed by atoms with E-state index in [-0.39, 0.29) is 0 Å². The van der Waals surface area contributed by atoms with Gasteiger partial charge in [0.2, 0.25) is 0 Å². The van der Waals surface area contributed by atoms with Gasteiger partial charge in [0.25, 0.3) is 0 Å². The molecule has 0 aromatic carbocycles. The molecule has 0 radical (unpaired) electrons. The molecule has 26 heavy (non-hydrogen) atoms. The molecule has 6 unspecified atom stereocenters. The Morgan fingerprint density at radius 1 is 0.577 bits per heavy atom. The predicted molar refractivity (Wildman–Crippen MR) is 91.1 cm³/mol. The van der Waals surface area contributed by atoms with E-state index in [1.54, 1.807) is 0 Å². The molecule has 0 aromatic rings. The van der Waals surface area contributed by atoms with Crippen LogP contribution in [0.1, 0.15) is 25.7 Å². The topological polar surface area (TPSA) is 109 Å². The van der Waals surface area contributed by atoms with Crippen molar-refractivity contribution in [1.82, 2.24) is 0 Å². The summed E-state index contributed by atoms with van der Waals surface area (Å²) in [6, 6.07) is 0. The van der Waals surface area contributed by atoms with Crippen LogP contribution in [-0.2, 0) is 28.4 Å². The molecule has 5 rings (SSSR count). The Labute approximate surface area is 154 Å². The van der Waals surface area contributed by atoms with Crippen LogP contribution in [0.4, 0.5) is 0 Å². The minimum absolute atomic E-state index is 0.392. The molecule has 2 N–H and O–H groups in total. The lowest BCUT2D eigenvalue weighted by molar-refractivity contribution is -0.00865. The lowest BCUT2D eigenvalue weighted by atomic mass is 9.95. The lowest BCUT2D eigenvalue weighted by Crippen LogP contribution is -2.28. The van der Waals surface area contributed by atoms with Gasteiger partial charge in [-0.2, -0.15) is 0 Å². The summed E-state index contributed by atoms with van der Waals surface area (Å²) >= 11 is 0. The average molecular weight is 376 g/mol. The predicted octanol–water partition coefficient (Wildman–Crippen LogP) is -0.117. The number of epoxide rings is 4. The molecular weight excluding hydrogens is 344 g/mol. The zero-order chi connectivity index (χ0) is 18.2. The standard InChI is InChI=1S/2C6H10O3.C6H12O2/c2*1(5-3-8-5)7-2-6-4-9-6;7-5-3-1-2-4-6(5)8/h2*5-6H,1-4H2;5-8H,1-4H2. The van der Waals surface area contributed by atoms with Crippen molar-refractivity contribution in [2.45, 2.75) is 62.3 Å². The lowest BCUT2D eigenvalue weighted by Gasteiger charge is -2.22. The van der Waals surface area contributed by atoms with E-state index >= 15 is 0 Å². The highest BCUT2D eigenvalue weighted by Crippen LogP contribution is 2.17. The zero-order valence-corrected chi connectivity index (χ0v) is 15.3. The normalized spacial score (nSPS) is 39.0. The van der Waals surface area contributed by atoms with Gasteiger partial charge in [0, 0.05) is 0 Å². The maximum absolute atomic E-state index is 8.93. The van der Waals surface area contributed by atoms with E-state index in [0.717, 1.165) is 78.5 Å². The van der Waals surface area contributed by atoms with Crippen molar-refractivity contribution in [1.29, 1.82) is 0 Å². The zero-order valence-electron chi connectivity index (χ0n) is 15.3. The maximum Gasteiger partial charge on any atom is 0.104 e. The first-order chi connectivity index (χ1) is 12.7. The van der Waals surface area contributed by atoms with Gasteiger partial charge >= 0.3 is 0 Å². The number of hydrogen-bond acceptors (Lipinski definition) is 8. The Morgan fingerprint density at radius 3 is 1.04 bits per heavy atom. The Morgan fingerprint density at radius 2 is 0.846 bits per heavy atom. The third kappa shape index (κ3) is 10.1. The summed E-state index contributed by atoms with van der Waals surface area (Å²) < 4.78 is 30.2. The number of rotatable bonds is 8. The molecule has 6 atom stereocenters. The Balaban J connectivity index is 0.000000113. The second kappa shape index (κ2) is 10.9. The van der Waals surface area contributed by atoms with E-state index < -0.39 is 12.2 Å². The minimum atomic E-state index is -0.441. The monoisotopic (exact) mass is 376 g/mol. The van der Waals surface area contributed by atoms with Crippen LogP contribution in [0.25, 0.3) is 0 Å². The molecule has 1 aliphatic carbocycles. The fourth-order valence-corrected chi connectivity index (χ4v) is 2.41. The number of aliphatic hydroxyl groups excluding tert-OH is 2. The fraction of sp³-hybridized carbons (Fsp3) is 1.00. The SMILES string of the molecule is C(OCC1CO1)C1CO1.C(OCC1CO1)C1CO1.OC1CCCCC1O. The van der Waals surface area contributed by atoms with Crippen LogP contribution in [-0.4, -0.2) is 99.7 Å². The van der Waals surface area contributed by atoms with Gasteiger partial charge in [0.15, 0.2) is 0 Å². The molecule has 1 saturated carbocycles. The van der Waals surface area contributed by atoms with E-state index in [1.165, 1.54) is 0 Å². The molecule has 4 aliphatic heterocycles. The summed E-state index contributed by atoms with van der Waals surface area (Å²) in [5.74, 6) is 0. The average Bonchev–Trinajstić information content (AvgIpc) is 3.47. The van der Waals surface area contributed by atoms with Gasteiger partial charge in [-0.05, 0) is 12.8 Å². The van der Waals surface area contributed by atoms with Crippen molar-refractivity contribution in [3.63, 3.8) is 0 Å². The summed E-state index contributed by atoms with van der Waals surface area (Å²) in [6.45, 7) is 6.52. The molecular formula is C18H32O8. The van der Waals surface area contributed by atoms with Crippen molar-refractivity contribution < 1.29 is 38.6 Å². The van der Waals surface area contributed by atoms with Crippen LogP contribution in [0.2, 0.25) is 0 Å². The summed E-state index contributed by atoms with van der Waals surface area (Å²) in [7, 11) is 0. The third-order valence-corrected chi connectivity index (χ3v) is 4.52. The molecule has 8 heteroatoms. The van der Waals surface area contributed by atoms with Crippen LogP contribution in [0, 0.1) is 0 Å². The van der Waals surface area contributed by atoms with Crippen molar-refractivity contribution in [3.8, 4) is 0 Å². The first kappa shape index (κ1) is 20.4. The van der Waals surface area contributed by atoms with Crippen LogP contribution < -0.4 is 0 Å². The molecule has 0 amide bonds. The van der Waals surface area contributed by atoms with Crippen LogP contribution >= 0.6 is 0 Å². The van der Waals surface area contributed by atoms with Crippen molar-refractivity contribution in [2.24, 2.45) is 0 Å². The largest absolute Gasteiger partial charge is 0.390 e. The van der Waals surface area contributed by atoms with Gasteiger partial charge < -0.3 is 38.6 Å². The molecule has 0 aromatic heterocycles. The van der Waals surface area contributed by atoms with Crippen molar-refractivity contribution in [2.75, 3.05) is 52.9 Å². The van der Waals surface area contributed by atoms with Gasteiger partial charge in [-0.1, -0.05) is 12.8 Å². The van der Waals surface area contributed by atoms with Crippen molar-refractivity contribution in [3.05, 3.63) is 0 Å². The molecule has 4 heterocycles. The maximum atomic E-state index is 8.93. The Hall–Kier alpha value is -0.320. The highest BCUT2D eigenvalue weighted by molar-refractivity contribution is 4.73. The van der Waals surface area contributed by atoms with E-state index in [1.807, 2.05) is 0 Å². The first-order valence-electron chi connectivity index (χ1n) is 9.68. The van der Waals surface area contributed by atoms with E-state index in [0.29, 0.717) is 24.4 Å². The van der Waals surface area contributed by atoms with Crippen molar-refractivity contribution >= 4 is 0 Å². The molecule has 152 valence electrons. The Kier molecular flexibility index (Phi) is 8.54. The molecule has 4 saturated heterocycles. The fourth-order valence-electron chi connectivity index (χ4n) is 2.41. The van der Waals surface area contributed by atoms with Gasteiger partial charge in [0.05, 0.1) is 65.1 Å². The summed E-state index contributed by atoms with van der Waals surface area (Å²) in [5.41, 5.74) is 0. The molecule has 0 spiro atoms. The van der Waals surface area contributed by atoms with Crippen LogP contribution in [0.5, 0.6) is 0 Å². The highest BCUT2D eigenvalue weighted by atomic mass is 16.6. The van der Waals surface area contributed by atoms with E-state index in [2.05, 4.69) is 0 Å². The molecule has 0 bridgehead atoms. The van der Waals surface area contributed by atoms with Gasteiger partial charge in [-0.25, -0.2) is 0 Å². The molecule has 8 nitrogen and oxygen atoms in total. The Bertz CT molecular complexity index is 319. The third-order valence-electron chi connectivity index (χ3n) is 4.52. The first-order valence-corrected chi connectivity index (χ1v) is 9.68. The smallest absolute Gasteiger partial charge is 0.104 e. The summed E-state index contributed by atoms with van der Waals surface area (Å²) in [5, 5.41) is 17.9. The second-order valence-electron chi connectivity index (χ2n) is 7.32. The minimum Gasteiger partial charge on any atom is -0.390 e. The van der Waals surface area contributed by atoms with Crippen LogP contribution in [0.15, 0.2) is 0 Å².